The first kappa shape index (κ1) is 31.7. The van der Waals surface area contributed by atoms with Crippen LogP contribution < -0.4 is 0 Å². The molecule has 8 heteroatoms. The third kappa shape index (κ3) is 5.08. The molecule has 0 saturated heterocycles. The molecule has 6 rings (SSSR count). The topological polar surface area (TPSA) is 129 Å². The molecule has 7 atom stereocenters. The maximum absolute atomic E-state index is 14.0. The van der Waals surface area contributed by atoms with Gasteiger partial charge >= 0.3 is 5.97 Å². The Morgan fingerprint density at radius 2 is 1.77 bits per heavy atom. The van der Waals surface area contributed by atoms with E-state index in [0.717, 1.165) is 24.0 Å². The maximum atomic E-state index is 14.0. The molecule has 0 radical (unpaired) electrons. The number of fused-ring (bicyclic) bond motifs is 5. The minimum Gasteiger partial charge on any atom is -0.481 e. The van der Waals surface area contributed by atoms with Crippen LogP contribution in [0, 0.1) is 34.4 Å². The summed E-state index contributed by atoms with van der Waals surface area (Å²) in [6.07, 6.45) is 7.82. The zero-order chi connectivity index (χ0) is 32.0. The fourth-order valence-electron chi connectivity index (χ4n) is 8.42. The molecule has 2 aromatic rings. The van der Waals surface area contributed by atoms with Crippen molar-refractivity contribution in [1.29, 1.82) is 0 Å². The summed E-state index contributed by atoms with van der Waals surface area (Å²) < 4.78 is 14.0. The molecule has 3 fully saturated rings. The van der Waals surface area contributed by atoms with Crippen LogP contribution in [-0.2, 0) is 19.2 Å². The summed E-state index contributed by atoms with van der Waals surface area (Å²) in [4.78, 5) is 48.2. The van der Waals surface area contributed by atoms with E-state index in [0.29, 0.717) is 24.0 Å². The van der Waals surface area contributed by atoms with Crippen LogP contribution in [0.25, 0.3) is 11.1 Å². The van der Waals surface area contributed by atoms with Crippen molar-refractivity contribution in [3.05, 3.63) is 83.7 Å². The number of Topliss-reactive ketones (excluding diaryl/α,β-unsaturated/α-hetero) is 2. The van der Waals surface area contributed by atoms with Crippen molar-refractivity contribution >= 4 is 23.3 Å². The van der Waals surface area contributed by atoms with Crippen LogP contribution in [0.3, 0.4) is 0 Å². The Morgan fingerprint density at radius 1 is 1.07 bits per heavy atom. The predicted octanol–water partition coefficient (Wildman–Crippen LogP) is 5.45. The number of halogens is 1. The standard InChI is InChI=1S/C21H26O5.C15H13FO2/c1-19-7-5-13(23)9-12(19)3-4-14-15-6-8-21(26,17(25)11-22)20(15,2)10-16(24)18(14)19;1-10(15(17)18)12-7-8-13(14(16)9-12)11-5-3-2-4-6-11/h5,7,9,14-15,18,22,26H,3-4,6,8,10-11H2,1-2H3;2-10H,1H3,(H,17,18)/t14-,15-,18+,19-,20-,21-;10-/m01/s1. The van der Waals surface area contributed by atoms with E-state index < -0.39 is 46.5 Å². The molecular weight excluding hydrogens is 563 g/mol. The minimum atomic E-state index is -1.62. The zero-order valence-corrected chi connectivity index (χ0v) is 25.3. The number of rotatable bonds is 5. The summed E-state index contributed by atoms with van der Waals surface area (Å²) in [5.74, 6) is -2.65. The smallest absolute Gasteiger partial charge is 0.310 e. The van der Waals surface area contributed by atoms with Crippen molar-refractivity contribution in [2.45, 2.75) is 64.4 Å². The van der Waals surface area contributed by atoms with Crippen LogP contribution >= 0.6 is 0 Å². The van der Waals surface area contributed by atoms with E-state index in [4.69, 9.17) is 5.11 Å². The van der Waals surface area contributed by atoms with Gasteiger partial charge in [0.05, 0.1) is 5.92 Å². The Bertz CT molecular complexity index is 1560. The summed E-state index contributed by atoms with van der Waals surface area (Å²) in [6.45, 7) is 4.73. The summed E-state index contributed by atoms with van der Waals surface area (Å²) >= 11 is 0. The zero-order valence-electron chi connectivity index (χ0n) is 25.3. The molecule has 0 bridgehead atoms. The Labute approximate surface area is 256 Å². The van der Waals surface area contributed by atoms with E-state index in [1.807, 2.05) is 50.3 Å². The van der Waals surface area contributed by atoms with Gasteiger partial charge in [-0.25, -0.2) is 4.39 Å². The number of allylic oxidation sites excluding steroid dienone is 4. The van der Waals surface area contributed by atoms with Crippen LogP contribution in [0.15, 0.2) is 72.3 Å². The lowest BCUT2D eigenvalue weighted by molar-refractivity contribution is -0.168. The molecule has 44 heavy (non-hydrogen) atoms. The molecule has 0 amide bonds. The van der Waals surface area contributed by atoms with Gasteiger partial charge < -0.3 is 15.3 Å². The Morgan fingerprint density at radius 3 is 2.41 bits per heavy atom. The molecule has 4 aliphatic rings. The normalized spacial score (nSPS) is 32.8. The number of aliphatic carboxylic acids is 1. The van der Waals surface area contributed by atoms with Crippen LogP contribution in [0.2, 0.25) is 0 Å². The predicted molar refractivity (Wildman–Crippen MR) is 162 cm³/mol. The van der Waals surface area contributed by atoms with Gasteiger partial charge in [0.2, 0.25) is 0 Å². The number of carbonyl (C=O) groups excluding carboxylic acids is 3. The van der Waals surface area contributed by atoms with Gasteiger partial charge in [0.1, 0.15) is 23.8 Å². The number of hydrogen-bond acceptors (Lipinski definition) is 6. The molecule has 7 nitrogen and oxygen atoms in total. The third-order valence-corrected chi connectivity index (χ3v) is 11.0. The van der Waals surface area contributed by atoms with Crippen molar-refractivity contribution in [2.75, 3.05) is 6.61 Å². The summed E-state index contributed by atoms with van der Waals surface area (Å²) in [5, 5.41) is 29.4. The number of aliphatic hydroxyl groups excluding tert-OH is 1. The van der Waals surface area contributed by atoms with Gasteiger partial charge in [0.25, 0.3) is 0 Å². The van der Waals surface area contributed by atoms with Gasteiger partial charge in [-0.05, 0) is 73.8 Å². The molecule has 4 aliphatic carbocycles. The van der Waals surface area contributed by atoms with Gasteiger partial charge in [-0.3, -0.25) is 19.2 Å². The number of benzene rings is 2. The summed E-state index contributed by atoms with van der Waals surface area (Å²) in [6, 6.07) is 13.7. The molecule has 0 unspecified atom stereocenters. The lowest BCUT2D eigenvalue weighted by Crippen LogP contribution is -2.60. The largest absolute Gasteiger partial charge is 0.481 e. The fourth-order valence-corrected chi connectivity index (χ4v) is 8.42. The Hall–Kier alpha value is -3.75. The maximum Gasteiger partial charge on any atom is 0.310 e. The van der Waals surface area contributed by atoms with E-state index >= 15 is 0 Å². The number of aliphatic hydroxyl groups is 2. The van der Waals surface area contributed by atoms with Crippen LogP contribution in [0.4, 0.5) is 4.39 Å². The lowest BCUT2D eigenvalue weighted by Gasteiger charge is -2.56. The van der Waals surface area contributed by atoms with E-state index in [-0.39, 0.29) is 35.7 Å². The molecule has 3 N–H and O–H groups in total. The highest BCUT2D eigenvalue weighted by Crippen LogP contribution is 2.66. The van der Waals surface area contributed by atoms with Gasteiger partial charge in [-0.2, -0.15) is 0 Å². The SMILES string of the molecule is C[C@@H](C(=O)O)c1ccc(-c2ccccc2)c(F)c1.C[C@]12C=CC(=O)C=C1CC[C@@H]1[C@@H]2C(=O)C[C@@]2(C)[C@H]1CC[C@]2(O)C(=O)CO. The Kier molecular flexibility index (Phi) is 8.37. The molecule has 0 spiro atoms. The number of carboxylic acid groups (broad SMARTS) is 1. The molecular formula is C36H39FO7. The highest BCUT2D eigenvalue weighted by Gasteiger charge is 2.68. The number of carboxylic acids is 1. The van der Waals surface area contributed by atoms with E-state index in [9.17, 15) is 33.8 Å². The first-order valence-electron chi connectivity index (χ1n) is 15.2. The van der Waals surface area contributed by atoms with E-state index in [1.54, 1.807) is 31.2 Å². The molecule has 0 heterocycles. The monoisotopic (exact) mass is 602 g/mol. The second-order valence-corrected chi connectivity index (χ2v) is 13.2. The van der Waals surface area contributed by atoms with Crippen molar-refractivity contribution in [3.63, 3.8) is 0 Å². The van der Waals surface area contributed by atoms with Gasteiger partial charge in [-0.1, -0.05) is 68.0 Å². The Balaban J connectivity index is 0.000000187. The van der Waals surface area contributed by atoms with E-state index in [2.05, 4.69) is 0 Å². The summed E-state index contributed by atoms with van der Waals surface area (Å²) in [5.41, 5.74) is -0.125. The molecule has 232 valence electrons. The van der Waals surface area contributed by atoms with Crippen molar-refractivity contribution in [3.8, 4) is 11.1 Å². The molecule has 2 aromatic carbocycles. The van der Waals surface area contributed by atoms with Crippen LogP contribution in [-0.4, -0.2) is 50.8 Å². The molecule has 0 aromatic heterocycles. The first-order chi connectivity index (χ1) is 20.8. The number of hydrogen-bond donors (Lipinski definition) is 3. The van der Waals surface area contributed by atoms with Gasteiger partial charge in [0.15, 0.2) is 11.6 Å². The second kappa shape index (κ2) is 11.6. The second-order valence-electron chi connectivity index (χ2n) is 13.2. The minimum absolute atomic E-state index is 0.0206. The van der Waals surface area contributed by atoms with Gasteiger partial charge in [0, 0.05) is 28.7 Å². The average Bonchev–Trinajstić information content (AvgIpc) is 3.27. The van der Waals surface area contributed by atoms with Crippen LogP contribution in [0.5, 0.6) is 0 Å². The van der Waals surface area contributed by atoms with Gasteiger partial charge in [-0.15, -0.1) is 0 Å². The first-order valence-corrected chi connectivity index (χ1v) is 15.2. The fraction of sp³-hybridized carbons (Fsp3) is 0.444. The highest BCUT2D eigenvalue weighted by molar-refractivity contribution is 6.02. The molecule has 0 aliphatic heterocycles. The lowest BCUT2D eigenvalue weighted by atomic mass is 9.46. The number of carbonyl (C=O) groups is 4. The number of ketones is 3. The molecule has 3 saturated carbocycles. The third-order valence-electron chi connectivity index (χ3n) is 11.0. The average molecular weight is 603 g/mol. The van der Waals surface area contributed by atoms with E-state index in [1.165, 1.54) is 6.07 Å². The quantitative estimate of drug-likeness (QED) is 0.415. The highest BCUT2D eigenvalue weighted by atomic mass is 19.1. The van der Waals surface area contributed by atoms with Crippen molar-refractivity contribution in [2.24, 2.45) is 28.6 Å². The van der Waals surface area contributed by atoms with Crippen molar-refractivity contribution in [1.82, 2.24) is 0 Å². The summed E-state index contributed by atoms with van der Waals surface area (Å²) in [7, 11) is 0. The van der Waals surface area contributed by atoms with Crippen LogP contribution in [0.1, 0.15) is 64.4 Å². The van der Waals surface area contributed by atoms with Crippen molar-refractivity contribution < 1.29 is 38.9 Å².